The number of carbonyl (C=O) groups excluding carboxylic acids is 1. The van der Waals surface area contributed by atoms with Gasteiger partial charge in [0.25, 0.3) is 0 Å². The number of hydrogen-bond acceptors (Lipinski definition) is 5. The van der Waals surface area contributed by atoms with Crippen molar-refractivity contribution in [3.05, 3.63) is 45.4 Å². The minimum absolute atomic E-state index is 0.326. The van der Waals surface area contributed by atoms with E-state index in [0.29, 0.717) is 12.3 Å². The summed E-state index contributed by atoms with van der Waals surface area (Å²) in [5.41, 5.74) is 1.70. The van der Waals surface area contributed by atoms with Crippen LogP contribution in [0.15, 0.2) is 29.2 Å². The molecular formula is C15H17NO2S2. The number of nitrogens with zero attached hydrogens (tertiary/aromatic N) is 1. The number of benzene rings is 1. The largest absolute Gasteiger partial charge is 0.461 e. The zero-order valence-electron chi connectivity index (χ0n) is 11.8. The highest BCUT2D eigenvalue weighted by Crippen LogP contribution is 2.27. The Bertz CT molecular complexity index is 608. The van der Waals surface area contributed by atoms with Crippen LogP contribution in [0.4, 0.5) is 0 Å². The quantitative estimate of drug-likeness (QED) is 0.612. The van der Waals surface area contributed by atoms with Crippen molar-refractivity contribution in [1.82, 2.24) is 4.98 Å². The summed E-state index contributed by atoms with van der Waals surface area (Å²) in [4.78, 5) is 18.2. The lowest BCUT2D eigenvalue weighted by molar-refractivity contribution is 0.0519. The fourth-order valence-corrected chi connectivity index (χ4v) is 3.68. The van der Waals surface area contributed by atoms with Crippen LogP contribution in [0.25, 0.3) is 0 Å². The Kier molecular flexibility index (Phi) is 5.20. The molecule has 2 rings (SSSR count). The summed E-state index contributed by atoms with van der Waals surface area (Å²) in [6, 6.07) is 8.37. The van der Waals surface area contributed by atoms with Gasteiger partial charge in [-0.05, 0) is 32.9 Å². The summed E-state index contributed by atoms with van der Waals surface area (Å²) in [5, 5.41) is 0.956. The maximum Gasteiger partial charge on any atom is 0.358 e. The number of rotatable bonds is 5. The van der Waals surface area contributed by atoms with E-state index in [9.17, 15) is 4.79 Å². The molecule has 5 heteroatoms. The molecule has 106 valence electrons. The first-order valence-electron chi connectivity index (χ1n) is 6.43. The summed E-state index contributed by atoms with van der Waals surface area (Å²) < 4.78 is 5.00. The van der Waals surface area contributed by atoms with Gasteiger partial charge in [0.15, 0.2) is 5.69 Å². The molecule has 0 aliphatic rings. The molecule has 3 nitrogen and oxygen atoms in total. The van der Waals surface area contributed by atoms with Crippen molar-refractivity contribution >= 4 is 29.1 Å². The van der Waals surface area contributed by atoms with Crippen LogP contribution in [-0.4, -0.2) is 17.6 Å². The van der Waals surface area contributed by atoms with Crippen LogP contribution in [0.2, 0.25) is 0 Å². The second-order valence-corrected chi connectivity index (χ2v) is 6.67. The number of hydrogen-bond donors (Lipinski definition) is 0. The number of carbonyl (C=O) groups is 1. The van der Waals surface area contributed by atoms with E-state index in [0.717, 1.165) is 15.6 Å². The molecule has 0 spiro atoms. The van der Waals surface area contributed by atoms with E-state index in [1.165, 1.54) is 10.5 Å². The van der Waals surface area contributed by atoms with Gasteiger partial charge in [-0.25, -0.2) is 9.78 Å². The molecule has 2 aromatic rings. The van der Waals surface area contributed by atoms with Crippen molar-refractivity contribution < 1.29 is 9.53 Å². The van der Waals surface area contributed by atoms with Crippen LogP contribution in [0.5, 0.6) is 0 Å². The van der Waals surface area contributed by atoms with E-state index in [4.69, 9.17) is 4.74 Å². The Morgan fingerprint density at radius 1 is 1.40 bits per heavy atom. The first-order chi connectivity index (χ1) is 9.60. The summed E-state index contributed by atoms with van der Waals surface area (Å²) in [7, 11) is 0. The highest BCUT2D eigenvalue weighted by Gasteiger charge is 2.16. The standard InChI is InChI=1S/C15H17NO2S2/c1-4-18-15(17)14-11(3)20-13(16-14)9-19-12-7-5-6-10(2)8-12/h5-8H,4,9H2,1-3H3. The number of aryl methyl sites for hydroxylation is 2. The smallest absolute Gasteiger partial charge is 0.358 e. The number of thioether (sulfide) groups is 1. The Balaban J connectivity index is 2.04. The highest BCUT2D eigenvalue weighted by atomic mass is 32.2. The van der Waals surface area contributed by atoms with Crippen molar-refractivity contribution in [2.24, 2.45) is 0 Å². The second-order valence-electron chi connectivity index (χ2n) is 4.34. The van der Waals surface area contributed by atoms with Crippen LogP contribution in [0.3, 0.4) is 0 Å². The van der Waals surface area contributed by atoms with Crippen LogP contribution in [0.1, 0.15) is 32.9 Å². The fraction of sp³-hybridized carbons (Fsp3) is 0.333. The Morgan fingerprint density at radius 2 is 2.20 bits per heavy atom. The predicted molar refractivity (Wildman–Crippen MR) is 83.5 cm³/mol. The summed E-state index contributed by atoms with van der Waals surface area (Å²) in [6.07, 6.45) is 0. The highest BCUT2D eigenvalue weighted by molar-refractivity contribution is 7.98. The molecule has 0 aliphatic heterocycles. The molecule has 1 aromatic carbocycles. The van der Waals surface area contributed by atoms with E-state index in [1.54, 1.807) is 30.0 Å². The van der Waals surface area contributed by atoms with Crippen LogP contribution in [0, 0.1) is 13.8 Å². The van der Waals surface area contributed by atoms with Gasteiger partial charge in [0.1, 0.15) is 5.01 Å². The summed E-state index contributed by atoms with van der Waals surface area (Å²) in [5.74, 6) is 0.446. The third kappa shape index (κ3) is 3.84. The van der Waals surface area contributed by atoms with E-state index < -0.39 is 0 Å². The molecule has 0 aliphatic carbocycles. The number of thiazole rings is 1. The summed E-state index contributed by atoms with van der Waals surface area (Å²) in [6.45, 7) is 6.17. The van der Waals surface area contributed by atoms with E-state index in [2.05, 4.69) is 36.2 Å². The topological polar surface area (TPSA) is 39.2 Å². The van der Waals surface area contributed by atoms with Crippen molar-refractivity contribution in [1.29, 1.82) is 0 Å². The minimum Gasteiger partial charge on any atom is -0.461 e. The van der Waals surface area contributed by atoms with Crippen molar-refractivity contribution in [3.8, 4) is 0 Å². The molecule has 1 heterocycles. The van der Waals surface area contributed by atoms with Gasteiger partial charge in [-0.1, -0.05) is 17.7 Å². The van der Waals surface area contributed by atoms with E-state index in [-0.39, 0.29) is 5.97 Å². The average Bonchev–Trinajstić information content (AvgIpc) is 2.78. The van der Waals surface area contributed by atoms with Crippen LogP contribution < -0.4 is 0 Å². The first-order valence-corrected chi connectivity index (χ1v) is 8.23. The third-order valence-electron chi connectivity index (χ3n) is 2.66. The third-order valence-corrected chi connectivity index (χ3v) is 4.82. The van der Waals surface area contributed by atoms with Gasteiger partial charge in [-0.2, -0.15) is 0 Å². The van der Waals surface area contributed by atoms with Crippen molar-refractivity contribution in [2.75, 3.05) is 6.61 Å². The van der Waals surface area contributed by atoms with Gasteiger partial charge in [-0.3, -0.25) is 0 Å². The molecule has 0 unspecified atom stereocenters. The molecule has 0 saturated heterocycles. The molecule has 0 amide bonds. The Hall–Kier alpha value is -1.33. The molecule has 20 heavy (non-hydrogen) atoms. The Morgan fingerprint density at radius 3 is 2.90 bits per heavy atom. The molecule has 0 saturated carbocycles. The van der Waals surface area contributed by atoms with Crippen molar-refractivity contribution in [2.45, 2.75) is 31.4 Å². The monoisotopic (exact) mass is 307 g/mol. The molecular weight excluding hydrogens is 290 g/mol. The first kappa shape index (κ1) is 15.1. The lowest BCUT2D eigenvalue weighted by atomic mass is 10.2. The minimum atomic E-state index is -0.326. The fourth-order valence-electron chi connectivity index (χ4n) is 1.75. The molecule has 0 fully saturated rings. The number of ether oxygens (including phenoxy) is 1. The van der Waals surface area contributed by atoms with Gasteiger partial charge < -0.3 is 4.74 Å². The zero-order valence-corrected chi connectivity index (χ0v) is 13.4. The maximum atomic E-state index is 11.7. The van der Waals surface area contributed by atoms with Gasteiger partial charge in [0.05, 0.1) is 12.4 Å². The number of esters is 1. The average molecular weight is 307 g/mol. The van der Waals surface area contributed by atoms with Crippen LogP contribution in [-0.2, 0) is 10.5 Å². The zero-order chi connectivity index (χ0) is 14.5. The number of aromatic nitrogens is 1. The van der Waals surface area contributed by atoms with Crippen LogP contribution >= 0.6 is 23.1 Å². The second kappa shape index (κ2) is 6.90. The van der Waals surface area contributed by atoms with Gasteiger partial charge in [-0.15, -0.1) is 23.1 Å². The molecule has 1 aromatic heterocycles. The van der Waals surface area contributed by atoms with Crippen molar-refractivity contribution in [3.63, 3.8) is 0 Å². The molecule has 0 atom stereocenters. The van der Waals surface area contributed by atoms with E-state index >= 15 is 0 Å². The molecule has 0 bridgehead atoms. The molecule has 0 radical (unpaired) electrons. The molecule has 0 N–H and O–H groups in total. The van der Waals surface area contributed by atoms with Gasteiger partial charge >= 0.3 is 5.97 Å². The lowest BCUT2D eigenvalue weighted by Gasteiger charge is -2.00. The Labute approximate surface area is 127 Å². The predicted octanol–water partition coefficient (Wildman–Crippen LogP) is 4.23. The summed E-state index contributed by atoms with van der Waals surface area (Å²) >= 11 is 3.29. The van der Waals surface area contributed by atoms with Gasteiger partial charge in [0, 0.05) is 9.77 Å². The lowest BCUT2D eigenvalue weighted by Crippen LogP contribution is -2.06. The van der Waals surface area contributed by atoms with E-state index in [1.807, 2.05) is 6.92 Å². The SMILES string of the molecule is CCOC(=O)c1nc(CSc2cccc(C)c2)sc1C. The van der Waals surface area contributed by atoms with Gasteiger partial charge in [0.2, 0.25) is 0 Å². The maximum absolute atomic E-state index is 11.7. The normalized spacial score (nSPS) is 10.6.